The van der Waals surface area contributed by atoms with Gasteiger partial charge in [-0.25, -0.2) is 0 Å². The van der Waals surface area contributed by atoms with E-state index in [2.05, 4.69) is 15.5 Å². The summed E-state index contributed by atoms with van der Waals surface area (Å²) < 4.78 is 10.8. The van der Waals surface area contributed by atoms with Crippen molar-refractivity contribution in [2.45, 2.75) is 25.9 Å². The lowest BCUT2D eigenvalue weighted by atomic mass is 10.0. The van der Waals surface area contributed by atoms with Crippen molar-refractivity contribution in [1.82, 2.24) is 25.2 Å². The minimum absolute atomic E-state index is 0.0115. The zero-order valence-corrected chi connectivity index (χ0v) is 23.9. The van der Waals surface area contributed by atoms with E-state index in [4.69, 9.17) is 9.47 Å². The summed E-state index contributed by atoms with van der Waals surface area (Å²) in [5, 5.41) is 11.9. The number of anilines is 1. The Labute approximate surface area is 240 Å². The number of ether oxygens (including phenoxy) is 2. The molecule has 1 atom stereocenters. The van der Waals surface area contributed by atoms with Crippen molar-refractivity contribution in [2.75, 3.05) is 39.3 Å². The number of carbonyl (C=O) groups is 2. The second kappa shape index (κ2) is 14.0. The van der Waals surface area contributed by atoms with Crippen molar-refractivity contribution >= 4 is 17.5 Å². The maximum Gasteiger partial charge on any atom is 0.242 e. The quantitative estimate of drug-likeness (QED) is 0.265. The first kappa shape index (κ1) is 29.1. The van der Waals surface area contributed by atoms with Crippen LogP contribution in [0.4, 0.5) is 5.69 Å². The molecule has 214 valence electrons. The molecule has 3 aromatic carbocycles. The van der Waals surface area contributed by atoms with E-state index in [-0.39, 0.29) is 37.5 Å². The molecular formula is C31H36N6O4. The van der Waals surface area contributed by atoms with Gasteiger partial charge in [0.05, 0.1) is 51.8 Å². The Bertz CT molecular complexity index is 1430. The molecule has 0 aliphatic heterocycles. The Hall–Kier alpha value is -4.86. The summed E-state index contributed by atoms with van der Waals surface area (Å²) in [6.07, 6.45) is 2.33. The first-order valence-electron chi connectivity index (χ1n) is 13.4. The highest BCUT2D eigenvalue weighted by Crippen LogP contribution is 2.31. The van der Waals surface area contributed by atoms with Crippen LogP contribution in [-0.2, 0) is 16.1 Å². The maximum absolute atomic E-state index is 13.3. The van der Waals surface area contributed by atoms with Crippen LogP contribution in [0.2, 0.25) is 0 Å². The highest BCUT2D eigenvalue weighted by Gasteiger charge is 2.21. The Morgan fingerprint density at radius 3 is 2.27 bits per heavy atom. The van der Waals surface area contributed by atoms with Crippen LogP contribution in [0.25, 0.3) is 5.69 Å². The molecule has 1 aromatic heterocycles. The zero-order chi connectivity index (χ0) is 29.2. The standard InChI is InChI=1S/C31H36N6O4/c1-5-27(23-16-17-28(40-3)29(18-23)41-4)33-30(38)21-36(25-12-8-6-9-13-25)22-31(39)35(2)20-24-19-32-37(34-24)26-14-10-7-11-15-26/h6-19,27H,5,20-22H2,1-4H3,(H,33,38). The van der Waals surface area contributed by atoms with Crippen molar-refractivity contribution < 1.29 is 19.1 Å². The Balaban J connectivity index is 1.42. The molecule has 0 aliphatic rings. The second-order valence-corrected chi connectivity index (χ2v) is 9.55. The number of likely N-dealkylation sites (N-methyl/N-ethyl adjacent to an activating group) is 1. The normalized spacial score (nSPS) is 11.4. The van der Waals surface area contributed by atoms with Crippen LogP contribution in [0.5, 0.6) is 11.5 Å². The van der Waals surface area contributed by atoms with Gasteiger partial charge in [0, 0.05) is 12.7 Å². The van der Waals surface area contributed by atoms with E-state index in [1.54, 1.807) is 37.3 Å². The lowest BCUT2D eigenvalue weighted by Crippen LogP contribution is -2.44. The lowest BCUT2D eigenvalue weighted by molar-refractivity contribution is -0.129. The third-order valence-corrected chi connectivity index (χ3v) is 6.69. The molecule has 4 rings (SSSR count). The number of nitrogens with one attached hydrogen (secondary N) is 1. The van der Waals surface area contributed by atoms with E-state index in [1.807, 2.05) is 85.8 Å². The van der Waals surface area contributed by atoms with Crippen LogP contribution in [0.15, 0.2) is 85.1 Å². The predicted octanol–water partition coefficient (Wildman–Crippen LogP) is 4.02. The molecule has 1 heterocycles. The Morgan fingerprint density at radius 2 is 1.61 bits per heavy atom. The molecule has 0 fully saturated rings. The summed E-state index contributed by atoms with van der Waals surface area (Å²) in [7, 11) is 4.89. The molecule has 10 heteroatoms. The lowest BCUT2D eigenvalue weighted by Gasteiger charge is -2.27. The zero-order valence-electron chi connectivity index (χ0n) is 23.9. The molecule has 0 saturated carbocycles. The van der Waals surface area contributed by atoms with E-state index in [0.29, 0.717) is 23.6 Å². The number of benzene rings is 3. The Kier molecular flexibility index (Phi) is 9.93. The van der Waals surface area contributed by atoms with Gasteiger partial charge in [-0.2, -0.15) is 15.0 Å². The van der Waals surface area contributed by atoms with Crippen LogP contribution in [-0.4, -0.2) is 66.1 Å². The highest BCUT2D eigenvalue weighted by atomic mass is 16.5. The number of aromatic nitrogens is 3. The minimum atomic E-state index is -0.231. The first-order valence-corrected chi connectivity index (χ1v) is 13.4. The van der Waals surface area contributed by atoms with Gasteiger partial charge in [0.1, 0.15) is 5.69 Å². The van der Waals surface area contributed by atoms with Gasteiger partial charge in [-0.15, -0.1) is 0 Å². The van der Waals surface area contributed by atoms with Gasteiger partial charge in [0.2, 0.25) is 11.8 Å². The fourth-order valence-electron chi connectivity index (χ4n) is 4.45. The van der Waals surface area contributed by atoms with Gasteiger partial charge >= 0.3 is 0 Å². The van der Waals surface area contributed by atoms with E-state index in [0.717, 1.165) is 16.9 Å². The number of carbonyl (C=O) groups excluding carboxylic acids is 2. The molecule has 4 aromatic rings. The average Bonchev–Trinajstić information content (AvgIpc) is 3.48. The fourth-order valence-corrected chi connectivity index (χ4v) is 4.45. The topological polar surface area (TPSA) is 102 Å². The van der Waals surface area contributed by atoms with E-state index in [1.165, 1.54) is 4.80 Å². The van der Waals surface area contributed by atoms with Gasteiger partial charge in [-0.05, 0) is 48.4 Å². The third-order valence-electron chi connectivity index (χ3n) is 6.69. The highest BCUT2D eigenvalue weighted by molar-refractivity contribution is 5.86. The molecule has 41 heavy (non-hydrogen) atoms. The first-order chi connectivity index (χ1) is 19.9. The fraction of sp³-hybridized carbons (Fsp3) is 0.290. The maximum atomic E-state index is 13.3. The number of para-hydroxylation sites is 2. The number of nitrogens with zero attached hydrogens (tertiary/aromatic N) is 5. The number of rotatable bonds is 13. The molecule has 0 aliphatic carbocycles. The minimum Gasteiger partial charge on any atom is -0.493 e. The summed E-state index contributed by atoms with van der Waals surface area (Å²) in [5.74, 6) is 0.874. The third kappa shape index (κ3) is 7.63. The van der Waals surface area contributed by atoms with Gasteiger partial charge < -0.3 is 24.6 Å². The molecule has 0 radical (unpaired) electrons. The van der Waals surface area contributed by atoms with E-state index >= 15 is 0 Å². The van der Waals surface area contributed by atoms with Crippen molar-refractivity contribution in [3.05, 3.63) is 96.3 Å². The molecule has 1 unspecified atom stereocenters. The van der Waals surface area contributed by atoms with E-state index in [9.17, 15) is 9.59 Å². The molecule has 0 bridgehead atoms. The van der Waals surface area contributed by atoms with Crippen LogP contribution in [0.1, 0.15) is 30.6 Å². The van der Waals surface area contributed by atoms with Gasteiger partial charge in [-0.1, -0.05) is 49.4 Å². The summed E-state index contributed by atoms with van der Waals surface area (Å²) in [6, 6.07) is 24.4. The van der Waals surface area contributed by atoms with Crippen LogP contribution >= 0.6 is 0 Å². The number of hydrogen-bond acceptors (Lipinski definition) is 7. The summed E-state index contributed by atoms with van der Waals surface area (Å²) in [6.45, 7) is 2.33. The smallest absolute Gasteiger partial charge is 0.242 e. The van der Waals surface area contributed by atoms with Gasteiger partial charge in [0.15, 0.2) is 11.5 Å². The molecule has 2 amide bonds. The SMILES string of the molecule is CCC(NC(=O)CN(CC(=O)N(C)Cc1cnn(-c2ccccc2)n1)c1ccccc1)c1ccc(OC)c(OC)c1. The number of hydrogen-bond donors (Lipinski definition) is 1. The largest absolute Gasteiger partial charge is 0.493 e. The number of amides is 2. The van der Waals surface area contributed by atoms with Crippen molar-refractivity contribution in [3.8, 4) is 17.2 Å². The Morgan fingerprint density at radius 1 is 0.927 bits per heavy atom. The predicted molar refractivity (Wildman–Crippen MR) is 157 cm³/mol. The number of methoxy groups -OCH3 is 2. The molecule has 1 N–H and O–H groups in total. The van der Waals surface area contributed by atoms with E-state index < -0.39 is 0 Å². The molecule has 10 nitrogen and oxygen atoms in total. The van der Waals surface area contributed by atoms with Crippen LogP contribution in [0, 0.1) is 0 Å². The van der Waals surface area contributed by atoms with Crippen molar-refractivity contribution in [1.29, 1.82) is 0 Å². The summed E-state index contributed by atoms with van der Waals surface area (Å²) in [4.78, 5) is 31.5. The van der Waals surface area contributed by atoms with Crippen molar-refractivity contribution in [2.24, 2.45) is 0 Å². The summed E-state index contributed by atoms with van der Waals surface area (Å²) >= 11 is 0. The van der Waals surface area contributed by atoms with Crippen molar-refractivity contribution in [3.63, 3.8) is 0 Å². The van der Waals surface area contributed by atoms with Gasteiger partial charge in [0.25, 0.3) is 0 Å². The second-order valence-electron chi connectivity index (χ2n) is 9.55. The molecule has 0 spiro atoms. The van der Waals surface area contributed by atoms with Gasteiger partial charge in [-0.3, -0.25) is 9.59 Å². The average molecular weight is 557 g/mol. The van der Waals surface area contributed by atoms with Crippen LogP contribution in [0.3, 0.4) is 0 Å². The monoisotopic (exact) mass is 556 g/mol. The van der Waals surface area contributed by atoms with Crippen LogP contribution < -0.4 is 19.7 Å². The molecular weight excluding hydrogens is 520 g/mol. The molecule has 0 saturated heterocycles. The summed E-state index contributed by atoms with van der Waals surface area (Å²) in [5.41, 5.74) is 3.18.